The molecule has 2 amide bonds. The van der Waals surface area contributed by atoms with Crippen molar-refractivity contribution in [2.75, 3.05) is 11.4 Å². The van der Waals surface area contributed by atoms with E-state index >= 15 is 0 Å². The molecule has 1 heterocycles. The number of carbonyl (C=O) groups is 2. The number of hydrogen-bond donors (Lipinski definition) is 1. The summed E-state index contributed by atoms with van der Waals surface area (Å²) in [5.74, 6) is -1.76. The molecular formula is C11H10ClFN2O2. The van der Waals surface area contributed by atoms with Crippen LogP contribution in [-0.4, -0.2) is 18.4 Å². The van der Waals surface area contributed by atoms with E-state index in [1.165, 1.54) is 23.1 Å². The molecule has 1 fully saturated rings. The molecule has 1 aliphatic rings. The zero-order valence-electron chi connectivity index (χ0n) is 8.82. The maximum absolute atomic E-state index is 13.0. The first kappa shape index (κ1) is 11.9. The van der Waals surface area contributed by atoms with Crippen LogP contribution < -0.4 is 10.6 Å². The number of anilines is 1. The van der Waals surface area contributed by atoms with Crippen molar-refractivity contribution in [2.24, 2.45) is 11.7 Å². The summed E-state index contributed by atoms with van der Waals surface area (Å²) in [6, 6.07) is 3.99. The monoisotopic (exact) mass is 256 g/mol. The fourth-order valence-electron chi connectivity index (χ4n) is 1.80. The number of amides is 2. The normalized spacial score (nSPS) is 19.8. The lowest BCUT2D eigenvalue weighted by atomic mass is 10.1. The van der Waals surface area contributed by atoms with E-state index in [2.05, 4.69) is 0 Å². The Kier molecular flexibility index (Phi) is 3.02. The SMILES string of the molecule is NC(=O)[C@@H]1CC(=O)N(c2ccc(F)c(Cl)c2)C1. The average Bonchev–Trinajstić information content (AvgIpc) is 2.65. The number of rotatable bonds is 2. The Balaban J connectivity index is 2.26. The number of nitrogens with zero attached hydrogens (tertiary/aromatic N) is 1. The number of nitrogens with two attached hydrogens (primary N) is 1. The largest absolute Gasteiger partial charge is 0.369 e. The summed E-state index contributed by atoms with van der Waals surface area (Å²) in [6.07, 6.45) is 0.0876. The van der Waals surface area contributed by atoms with Crippen LogP contribution in [0.3, 0.4) is 0 Å². The fraction of sp³-hybridized carbons (Fsp3) is 0.273. The number of primary amides is 1. The lowest BCUT2D eigenvalue weighted by Crippen LogP contribution is -2.28. The molecular weight excluding hydrogens is 247 g/mol. The van der Waals surface area contributed by atoms with Crippen molar-refractivity contribution < 1.29 is 14.0 Å². The van der Waals surface area contributed by atoms with E-state index in [1.54, 1.807) is 0 Å². The van der Waals surface area contributed by atoms with Gasteiger partial charge in [0.15, 0.2) is 0 Å². The Hall–Kier alpha value is -1.62. The van der Waals surface area contributed by atoms with E-state index in [9.17, 15) is 14.0 Å². The van der Waals surface area contributed by atoms with Gasteiger partial charge in [-0.3, -0.25) is 9.59 Å². The molecule has 1 aliphatic heterocycles. The number of halogens is 2. The van der Waals surface area contributed by atoms with Crippen LogP contribution >= 0.6 is 11.6 Å². The smallest absolute Gasteiger partial charge is 0.227 e. The van der Waals surface area contributed by atoms with E-state index in [1.807, 2.05) is 0 Å². The van der Waals surface area contributed by atoms with Gasteiger partial charge in [-0.2, -0.15) is 0 Å². The standard InChI is InChI=1S/C11H10ClFN2O2/c12-8-4-7(1-2-9(8)13)15-5-6(11(14)17)3-10(15)16/h1-2,4,6H,3,5H2,(H2,14,17)/t6-/m1/s1. The summed E-state index contributed by atoms with van der Waals surface area (Å²) >= 11 is 5.63. The van der Waals surface area contributed by atoms with Crippen LogP contribution in [0.5, 0.6) is 0 Å². The topological polar surface area (TPSA) is 63.4 Å². The predicted molar refractivity (Wildman–Crippen MR) is 61.1 cm³/mol. The van der Waals surface area contributed by atoms with Crippen LogP contribution in [0.2, 0.25) is 5.02 Å². The molecule has 90 valence electrons. The van der Waals surface area contributed by atoms with Gasteiger partial charge in [-0.25, -0.2) is 4.39 Å². The molecule has 6 heteroatoms. The Morgan fingerprint density at radius 3 is 2.76 bits per heavy atom. The molecule has 0 bridgehead atoms. The summed E-state index contributed by atoms with van der Waals surface area (Å²) < 4.78 is 13.0. The maximum atomic E-state index is 13.0. The van der Waals surface area contributed by atoms with Gasteiger partial charge in [0.1, 0.15) is 5.82 Å². The van der Waals surface area contributed by atoms with Crippen LogP contribution in [-0.2, 0) is 9.59 Å². The van der Waals surface area contributed by atoms with Gasteiger partial charge in [0.25, 0.3) is 0 Å². The van der Waals surface area contributed by atoms with Crippen LogP contribution in [0.15, 0.2) is 18.2 Å². The Morgan fingerprint density at radius 1 is 1.53 bits per heavy atom. The predicted octanol–water partition coefficient (Wildman–Crippen LogP) is 1.32. The van der Waals surface area contributed by atoms with Gasteiger partial charge < -0.3 is 10.6 Å². The third kappa shape index (κ3) is 2.24. The highest BCUT2D eigenvalue weighted by molar-refractivity contribution is 6.31. The Bertz CT molecular complexity index is 492. The van der Waals surface area contributed by atoms with Gasteiger partial charge >= 0.3 is 0 Å². The summed E-state index contributed by atoms with van der Waals surface area (Å²) in [7, 11) is 0. The van der Waals surface area contributed by atoms with Crippen LogP contribution in [0, 0.1) is 11.7 Å². The van der Waals surface area contributed by atoms with Gasteiger partial charge in [-0.15, -0.1) is 0 Å². The number of benzene rings is 1. The highest BCUT2D eigenvalue weighted by Gasteiger charge is 2.34. The van der Waals surface area contributed by atoms with Crippen molar-refractivity contribution in [3.8, 4) is 0 Å². The lowest BCUT2D eigenvalue weighted by molar-refractivity contribution is -0.123. The third-order valence-electron chi connectivity index (χ3n) is 2.74. The second kappa shape index (κ2) is 4.33. The Morgan fingerprint density at radius 2 is 2.24 bits per heavy atom. The van der Waals surface area contributed by atoms with Crippen molar-refractivity contribution in [3.05, 3.63) is 29.0 Å². The third-order valence-corrected chi connectivity index (χ3v) is 3.03. The van der Waals surface area contributed by atoms with Crippen molar-refractivity contribution in [1.29, 1.82) is 0 Å². The molecule has 1 atom stereocenters. The zero-order valence-corrected chi connectivity index (χ0v) is 9.58. The minimum Gasteiger partial charge on any atom is -0.369 e. The summed E-state index contributed by atoms with van der Waals surface area (Å²) in [5, 5.41) is -0.0576. The molecule has 0 aliphatic carbocycles. The van der Waals surface area contributed by atoms with Crippen LogP contribution in [0.4, 0.5) is 10.1 Å². The van der Waals surface area contributed by atoms with Crippen molar-refractivity contribution in [1.82, 2.24) is 0 Å². The van der Waals surface area contributed by atoms with E-state index in [0.29, 0.717) is 5.69 Å². The molecule has 4 nitrogen and oxygen atoms in total. The minimum absolute atomic E-state index is 0.0576. The molecule has 1 saturated heterocycles. The molecule has 0 radical (unpaired) electrons. The molecule has 2 N–H and O–H groups in total. The van der Waals surface area contributed by atoms with Gasteiger partial charge in [-0.1, -0.05) is 11.6 Å². The first-order chi connectivity index (χ1) is 7.99. The molecule has 0 aromatic heterocycles. The van der Waals surface area contributed by atoms with Gasteiger partial charge in [-0.05, 0) is 18.2 Å². The van der Waals surface area contributed by atoms with Crippen LogP contribution in [0.25, 0.3) is 0 Å². The summed E-state index contributed by atoms with van der Waals surface area (Å²) in [4.78, 5) is 24.1. The van der Waals surface area contributed by atoms with Crippen molar-refractivity contribution in [2.45, 2.75) is 6.42 Å². The van der Waals surface area contributed by atoms with E-state index in [0.717, 1.165) is 0 Å². The summed E-state index contributed by atoms with van der Waals surface area (Å²) in [5.41, 5.74) is 5.63. The highest BCUT2D eigenvalue weighted by Crippen LogP contribution is 2.28. The molecule has 0 spiro atoms. The quantitative estimate of drug-likeness (QED) is 0.867. The van der Waals surface area contributed by atoms with E-state index in [-0.39, 0.29) is 23.9 Å². The fourth-order valence-corrected chi connectivity index (χ4v) is 1.98. The second-order valence-corrected chi connectivity index (χ2v) is 4.31. The molecule has 0 saturated carbocycles. The molecule has 1 aromatic carbocycles. The first-order valence-electron chi connectivity index (χ1n) is 5.04. The van der Waals surface area contributed by atoms with E-state index in [4.69, 9.17) is 17.3 Å². The molecule has 0 unspecified atom stereocenters. The molecule has 2 rings (SSSR count). The van der Waals surface area contributed by atoms with E-state index < -0.39 is 17.6 Å². The van der Waals surface area contributed by atoms with Gasteiger partial charge in [0.05, 0.1) is 10.9 Å². The van der Waals surface area contributed by atoms with Crippen molar-refractivity contribution in [3.63, 3.8) is 0 Å². The summed E-state index contributed by atoms with van der Waals surface area (Å²) in [6.45, 7) is 0.218. The molecule has 1 aromatic rings. The zero-order chi connectivity index (χ0) is 12.6. The van der Waals surface area contributed by atoms with Crippen LogP contribution in [0.1, 0.15) is 6.42 Å². The number of hydrogen-bond acceptors (Lipinski definition) is 2. The van der Waals surface area contributed by atoms with Gasteiger partial charge in [0, 0.05) is 18.7 Å². The Labute approximate surface area is 102 Å². The number of carbonyl (C=O) groups excluding carboxylic acids is 2. The first-order valence-corrected chi connectivity index (χ1v) is 5.41. The lowest BCUT2D eigenvalue weighted by Gasteiger charge is -2.16. The highest BCUT2D eigenvalue weighted by atomic mass is 35.5. The molecule has 17 heavy (non-hydrogen) atoms. The average molecular weight is 257 g/mol. The van der Waals surface area contributed by atoms with Crippen molar-refractivity contribution >= 4 is 29.1 Å². The van der Waals surface area contributed by atoms with Gasteiger partial charge in [0.2, 0.25) is 11.8 Å². The maximum Gasteiger partial charge on any atom is 0.227 e. The minimum atomic E-state index is -0.548. The second-order valence-electron chi connectivity index (χ2n) is 3.91.